The number of hydrogen-bond acceptors (Lipinski definition) is 5. The van der Waals surface area contributed by atoms with Crippen molar-refractivity contribution in [2.75, 3.05) is 18.8 Å². The first-order chi connectivity index (χ1) is 8.19. The second kappa shape index (κ2) is 7.09. The van der Waals surface area contributed by atoms with Crippen LogP contribution in [0.25, 0.3) is 0 Å². The molecule has 0 aromatic heterocycles. The first-order valence-corrected chi connectivity index (χ1v) is 6.37. The zero-order valence-corrected chi connectivity index (χ0v) is 10.4. The van der Waals surface area contributed by atoms with Crippen LogP contribution < -0.4 is 11.1 Å². The normalized spacial score (nSPS) is 15.4. The Hall–Kier alpha value is -1.33. The van der Waals surface area contributed by atoms with Crippen LogP contribution in [0.5, 0.6) is 0 Å². The van der Waals surface area contributed by atoms with Crippen LogP contribution in [0.2, 0.25) is 0 Å². The number of carbonyl (C=O) groups is 2. The molecule has 4 nitrogen and oxygen atoms in total. The Kier molecular flexibility index (Phi) is 5.72. The van der Waals surface area contributed by atoms with Crippen molar-refractivity contribution in [1.29, 1.82) is 0 Å². The third kappa shape index (κ3) is 4.20. The Bertz CT molecular complexity index is 386. The summed E-state index contributed by atoms with van der Waals surface area (Å²) in [6.07, 6.45) is 5.19. The standard InChI is InChI=1S/C12H16N2O2S/c1-2-6-17-12-8-10(15)9(7-11(12)16)14-5-3-4-13/h2,7-8,14H,1,3-6,13H2. The number of nitrogens with two attached hydrogens (primary N) is 1. The molecule has 0 unspecified atom stereocenters. The van der Waals surface area contributed by atoms with Crippen molar-refractivity contribution in [3.8, 4) is 0 Å². The van der Waals surface area contributed by atoms with Crippen molar-refractivity contribution in [2.24, 2.45) is 5.73 Å². The lowest BCUT2D eigenvalue weighted by molar-refractivity contribution is -0.115. The van der Waals surface area contributed by atoms with Crippen molar-refractivity contribution in [1.82, 2.24) is 5.32 Å². The maximum absolute atomic E-state index is 11.7. The molecule has 0 spiro atoms. The summed E-state index contributed by atoms with van der Waals surface area (Å²) in [4.78, 5) is 23.8. The highest BCUT2D eigenvalue weighted by Crippen LogP contribution is 2.21. The zero-order valence-electron chi connectivity index (χ0n) is 9.57. The van der Waals surface area contributed by atoms with Gasteiger partial charge in [0.15, 0.2) is 5.78 Å². The van der Waals surface area contributed by atoms with Crippen LogP contribution in [0.1, 0.15) is 6.42 Å². The first kappa shape index (κ1) is 13.7. The van der Waals surface area contributed by atoms with E-state index < -0.39 is 0 Å². The van der Waals surface area contributed by atoms with Gasteiger partial charge in [-0.15, -0.1) is 18.3 Å². The van der Waals surface area contributed by atoms with E-state index in [9.17, 15) is 9.59 Å². The minimum Gasteiger partial charge on any atom is -0.382 e. The molecule has 0 saturated carbocycles. The number of rotatable bonds is 7. The van der Waals surface area contributed by atoms with E-state index >= 15 is 0 Å². The van der Waals surface area contributed by atoms with Crippen molar-refractivity contribution < 1.29 is 9.59 Å². The van der Waals surface area contributed by atoms with Gasteiger partial charge in [0.2, 0.25) is 5.78 Å². The van der Waals surface area contributed by atoms with E-state index in [2.05, 4.69) is 11.9 Å². The third-order valence-corrected chi connectivity index (χ3v) is 3.13. The summed E-state index contributed by atoms with van der Waals surface area (Å²) in [6, 6.07) is 0. The van der Waals surface area contributed by atoms with E-state index in [0.717, 1.165) is 6.42 Å². The summed E-state index contributed by atoms with van der Waals surface area (Å²) >= 11 is 1.32. The predicted molar refractivity (Wildman–Crippen MR) is 70.5 cm³/mol. The molecule has 0 atom stereocenters. The first-order valence-electron chi connectivity index (χ1n) is 5.38. The van der Waals surface area contributed by atoms with Crippen molar-refractivity contribution in [3.05, 3.63) is 35.4 Å². The van der Waals surface area contributed by atoms with Crippen molar-refractivity contribution >= 4 is 23.3 Å². The summed E-state index contributed by atoms with van der Waals surface area (Å²) in [5.41, 5.74) is 5.70. The third-order valence-electron chi connectivity index (χ3n) is 2.10. The largest absolute Gasteiger partial charge is 0.382 e. The fourth-order valence-electron chi connectivity index (χ4n) is 1.27. The minimum absolute atomic E-state index is 0.133. The van der Waals surface area contributed by atoms with Gasteiger partial charge in [0.25, 0.3) is 0 Å². The fourth-order valence-corrected chi connectivity index (χ4v) is 1.96. The van der Waals surface area contributed by atoms with Crippen LogP contribution in [-0.2, 0) is 9.59 Å². The molecule has 0 saturated heterocycles. The van der Waals surface area contributed by atoms with Crippen LogP contribution in [0.4, 0.5) is 0 Å². The van der Waals surface area contributed by atoms with Gasteiger partial charge in [0.1, 0.15) is 0 Å². The minimum atomic E-state index is -0.159. The lowest BCUT2D eigenvalue weighted by Gasteiger charge is -2.12. The van der Waals surface area contributed by atoms with E-state index in [-0.39, 0.29) is 11.6 Å². The van der Waals surface area contributed by atoms with Gasteiger partial charge in [-0.1, -0.05) is 6.08 Å². The van der Waals surface area contributed by atoms with E-state index in [0.29, 0.717) is 29.4 Å². The van der Waals surface area contributed by atoms with Gasteiger partial charge in [-0.3, -0.25) is 9.59 Å². The molecular formula is C12H16N2O2S. The molecule has 0 amide bonds. The Morgan fingerprint density at radius 3 is 2.76 bits per heavy atom. The Balaban J connectivity index is 2.59. The molecule has 0 radical (unpaired) electrons. The zero-order chi connectivity index (χ0) is 12.7. The second-order valence-electron chi connectivity index (χ2n) is 3.46. The van der Waals surface area contributed by atoms with Crippen LogP contribution in [-0.4, -0.2) is 30.4 Å². The van der Waals surface area contributed by atoms with Gasteiger partial charge in [-0.2, -0.15) is 0 Å². The summed E-state index contributed by atoms with van der Waals surface area (Å²) in [6.45, 7) is 4.73. The van der Waals surface area contributed by atoms with E-state index in [4.69, 9.17) is 5.73 Å². The monoisotopic (exact) mass is 252 g/mol. The van der Waals surface area contributed by atoms with Gasteiger partial charge in [-0.05, 0) is 13.0 Å². The lowest BCUT2D eigenvalue weighted by atomic mass is 10.1. The molecule has 1 aliphatic rings. The van der Waals surface area contributed by atoms with E-state index in [1.807, 2.05) is 0 Å². The number of ketones is 2. The number of thioether (sulfide) groups is 1. The molecule has 0 aromatic rings. The van der Waals surface area contributed by atoms with Crippen molar-refractivity contribution in [2.45, 2.75) is 6.42 Å². The lowest BCUT2D eigenvalue weighted by Crippen LogP contribution is -2.26. The highest BCUT2D eigenvalue weighted by Gasteiger charge is 2.19. The topological polar surface area (TPSA) is 72.2 Å². The van der Waals surface area contributed by atoms with Gasteiger partial charge in [0, 0.05) is 24.4 Å². The van der Waals surface area contributed by atoms with Gasteiger partial charge in [0.05, 0.1) is 10.6 Å². The van der Waals surface area contributed by atoms with Gasteiger partial charge in [-0.25, -0.2) is 0 Å². The van der Waals surface area contributed by atoms with E-state index in [1.54, 1.807) is 6.08 Å². The van der Waals surface area contributed by atoms with Crippen LogP contribution >= 0.6 is 11.8 Å². The molecule has 1 rings (SSSR count). The molecule has 0 aromatic carbocycles. The summed E-state index contributed by atoms with van der Waals surface area (Å²) in [5.74, 6) is 0.328. The molecule has 0 aliphatic heterocycles. The summed E-state index contributed by atoms with van der Waals surface area (Å²) < 4.78 is 0. The van der Waals surface area contributed by atoms with Crippen molar-refractivity contribution in [3.63, 3.8) is 0 Å². The molecule has 0 heterocycles. The van der Waals surface area contributed by atoms with Gasteiger partial charge >= 0.3 is 0 Å². The smallest absolute Gasteiger partial charge is 0.203 e. The molecule has 17 heavy (non-hydrogen) atoms. The Labute approximate surface area is 105 Å². The van der Waals surface area contributed by atoms with Crippen LogP contribution in [0, 0.1) is 0 Å². The quantitative estimate of drug-likeness (QED) is 0.398. The van der Waals surface area contributed by atoms with Crippen LogP contribution in [0.3, 0.4) is 0 Å². The van der Waals surface area contributed by atoms with Gasteiger partial charge < -0.3 is 11.1 Å². The summed E-state index contributed by atoms with van der Waals surface area (Å²) in [5, 5.41) is 2.92. The fraction of sp³-hybridized carbons (Fsp3) is 0.333. The molecule has 0 fully saturated rings. The average Bonchev–Trinajstić information content (AvgIpc) is 2.31. The van der Waals surface area contributed by atoms with Crippen LogP contribution in [0.15, 0.2) is 35.4 Å². The average molecular weight is 252 g/mol. The highest BCUT2D eigenvalue weighted by atomic mass is 32.2. The molecule has 1 aliphatic carbocycles. The second-order valence-corrected chi connectivity index (χ2v) is 4.53. The van der Waals surface area contributed by atoms with E-state index in [1.165, 1.54) is 23.9 Å². The molecule has 92 valence electrons. The molecule has 5 heteroatoms. The number of nitrogens with one attached hydrogen (secondary N) is 1. The Morgan fingerprint density at radius 1 is 1.35 bits per heavy atom. The molecule has 0 bridgehead atoms. The maximum Gasteiger partial charge on any atom is 0.203 e. The highest BCUT2D eigenvalue weighted by molar-refractivity contribution is 8.04. The Morgan fingerprint density at radius 2 is 2.12 bits per heavy atom. The molecule has 3 N–H and O–H groups in total. The SMILES string of the molecule is C=CCSC1=CC(=O)C(NCCCN)=CC1=O. The number of allylic oxidation sites excluding steroid dienone is 3. The number of carbonyl (C=O) groups excluding carboxylic acids is 2. The summed E-state index contributed by atoms with van der Waals surface area (Å²) in [7, 11) is 0. The number of hydrogen-bond donors (Lipinski definition) is 2. The predicted octanol–water partition coefficient (Wildman–Crippen LogP) is 0.764. The maximum atomic E-state index is 11.7. The molecular weight excluding hydrogens is 236 g/mol.